The predicted molar refractivity (Wildman–Crippen MR) is 69.7 cm³/mol. The summed E-state index contributed by atoms with van der Waals surface area (Å²) in [7, 11) is 0. The number of aromatic nitrogens is 5. The molecule has 2 heterocycles. The van der Waals surface area contributed by atoms with E-state index in [1.165, 1.54) is 16.0 Å². The third kappa shape index (κ3) is 2.62. The van der Waals surface area contributed by atoms with Crippen molar-refractivity contribution in [1.82, 2.24) is 25.2 Å². The quantitative estimate of drug-likeness (QED) is 0.894. The topological polar surface area (TPSA) is 93.8 Å². The van der Waals surface area contributed by atoms with Crippen molar-refractivity contribution >= 4 is 17.3 Å². The average molecular weight is 281 g/mol. The third-order valence-corrected chi connectivity index (χ3v) is 3.95. The second kappa shape index (κ2) is 5.04. The molecule has 0 spiro atoms. The second-order valence-electron chi connectivity index (χ2n) is 4.63. The smallest absolute Gasteiger partial charge is 0.311 e. The van der Waals surface area contributed by atoms with Crippen molar-refractivity contribution in [2.45, 2.75) is 33.7 Å². The molecule has 7 nitrogen and oxygen atoms in total. The van der Waals surface area contributed by atoms with Crippen molar-refractivity contribution in [3.63, 3.8) is 0 Å². The highest BCUT2D eigenvalue weighted by Gasteiger charge is 2.33. The molecule has 0 saturated carbocycles. The van der Waals surface area contributed by atoms with Crippen molar-refractivity contribution in [3.8, 4) is 11.5 Å². The molecule has 0 aliphatic carbocycles. The summed E-state index contributed by atoms with van der Waals surface area (Å²) < 4.78 is 1.51. The number of aliphatic carboxylic acids is 1. The fraction of sp³-hybridized carbons (Fsp3) is 0.545. The van der Waals surface area contributed by atoms with Gasteiger partial charge in [-0.25, -0.2) is 9.67 Å². The molecule has 2 rings (SSSR count). The summed E-state index contributed by atoms with van der Waals surface area (Å²) in [5, 5.41) is 23.5. The van der Waals surface area contributed by atoms with Gasteiger partial charge in [-0.15, -0.1) is 16.4 Å². The molecule has 0 radical (unpaired) electrons. The van der Waals surface area contributed by atoms with Gasteiger partial charge in [-0.1, -0.05) is 6.92 Å². The van der Waals surface area contributed by atoms with Crippen LogP contribution in [-0.2, 0) is 11.3 Å². The first kappa shape index (κ1) is 13.6. The van der Waals surface area contributed by atoms with E-state index in [4.69, 9.17) is 0 Å². The maximum atomic E-state index is 11.3. The molecule has 0 aliphatic rings. The monoisotopic (exact) mass is 281 g/mol. The lowest BCUT2D eigenvalue weighted by molar-refractivity contribution is -0.149. The number of carboxylic acids is 1. The molecule has 0 aliphatic heterocycles. The number of carbonyl (C=O) groups is 1. The van der Waals surface area contributed by atoms with Crippen LogP contribution < -0.4 is 0 Å². The first-order chi connectivity index (χ1) is 8.96. The predicted octanol–water partition coefficient (Wildman–Crippen LogP) is 1.61. The standard InChI is InChI=1S/C11H15N5O2S/c1-4-11(3,10(17)18)6-16-9(13-14-15-16)8-5-19-7(2)12-8/h5H,4,6H2,1-3H3,(H,17,18). The Morgan fingerprint density at radius 3 is 2.84 bits per heavy atom. The van der Waals surface area contributed by atoms with Crippen LogP contribution in [0.2, 0.25) is 0 Å². The van der Waals surface area contributed by atoms with Crippen molar-refractivity contribution in [2.24, 2.45) is 5.41 Å². The minimum atomic E-state index is -0.894. The zero-order valence-electron chi connectivity index (χ0n) is 11.0. The molecule has 102 valence electrons. The first-order valence-electron chi connectivity index (χ1n) is 5.88. The Morgan fingerprint density at radius 2 is 2.32 bits per heavy atom. The van der Waals surface area contributed by atoms with Crippen LogP contribution in [0.5, 0.6) is 0 Å². The second-order valence-corrected chi connectivity index (χ2v) is 5.69. The van der Waals surface area contributed by atoms with Gasteiger partial charge in [0.2, 0.25) is 5.82 Å². The van der Waals surface area contributed by atoms with Gasteiger partial charge in [0.05, 0.1) is 17.0 Å². The minimum absolute atomic E-state index is 0.220. The van der Waals surface area contributed by atoms with E-state index in [9.17, 15) is 9.90 Å². The van der Waals surface area contributed by atoms with Crippen molar-refractivity contribution in [3.05, 3.63) is 10.4 Å². The molecule has 0 bridgehead atoms. The van der Waals surface area contributed by atoms with E-state index < -0.39 is 11.4 Å². The highest BCUT2D eigenvalue weighted by atomic mass is 32.1. The molecule has 1 atom stereocenters. The maximum Gasteiger partial charge on any atom is 0.311 e. The molecular weight excluding hydrogens is 266 g/mol. The number of hydrogen-bond donors (Lipinski definition) is 1. The van der Waals surface area contributed by atoms with E-state index in [2.05, 4.69) is 20.5 Å². The molecule has 1 N–H and O–H groups in total. The van der Waals surface area contributed by atoms with Gasteiger partial charge in [0.15, 0.2) is 0 Å². The lowest BCUT2D eigenvalue weighted by Crippen LogP contribution is -2.32. The van der Waals surface area contributed by atoms with Gasteiger partial charge < -0.3 is 5.11 Å². The van der Waals surface area contributed by atoms with Gasteiger partial charge in [0.1, 0.15) is 5.69 Å². The van der Waals surface area contributed by atoms with Crippen LogP contribution >= 0.6 is 11.3 Å². The number of rotatable bonds is 5. The summed E-state index contributed by atoms with van der Waals surface area (Å²) in [6.07, 6.45) is 0.498. The minimum Gasteiger partial charge on any atom is -0.481 e. The summed E-state index contributed by atoms with van der Waals surface area (Å²) in [5.74, 6) is -0.351. The van der Waals surface area contributed by atoms with Crippen LogP contribution in [0, 0.1) is 12.3 Å². The van der Waals surface area contributed by atoms with Crippen LogP contribution in [0.4, 0.5) is 0 Å². The van der Waals surface area contributed by atoms with Gasteiger partial charge in [-0.2, -0.15) is 0 Å². The molecular formula is C11H15N5O2S. The van der Waals surface area contributed by atoms with E-state index in [-0.39, 0.29) is 6.54 Å². The number of tetrazole rings is 1. The van der Waals surface area contributed by atoms with Crippen molar-refractivity contribution < 1.29 is 9.90 Å². The number of aryl methyl sites for hydroxylation is 1. The molecule has 8 heteroatoms. The molecule has 0 amide bonds. The normalized spacial score (nSPS) is 14.3. The van der Waals surface area contributed by atoms with Gasteiger partial charge in [-0.05, 0) is 30.7 Å². The van der Waals surface area contributed by atoms with E-state index in [1.807, 2.05) is 19.2 Å². The van der Waals surface area contributed by atoms with E-state index >= 15 is 0 Å². The Hall–Kier alpha value is -1.83. The molecule has 1 unspecified atom stereocenters. The molecule has 0 saturated heterocycles. The number of nitrogens with zero attached hydrogens (tertiary/aromatic N) is 5. The Bertz CT molecular complexity index is 593. The van der Waals surface area contributed by atoms with Crippen LogP contribution in [0.15, 0.2) is 5.38 Å². The molecule has 0 aromatic carbocycles. The highest BCUT2D eigenvalue weighted by molar-refractivity contribution is 7.09. The molecule has 2 aromatic rings. The molecule has 2 aromatic heterocycles. The summed E-state index contributed by atoms with van der Waals surface area (Å²) >= 11 is 1.51. The SMILES string of the molecule is CCC(C)(Cn1nnnc1-c1csc(C)n1)C(=O)O. The van der Waals surface area contributed by atoms with Crippen molar-refractivity contribution in [1.29, 1.82) is 0 Å². The summed E-state index contributed by atoms with van der Waals surface area (Å²) in [5.41, 5.74) is -0.216. The third-order valence-electron chi connectivity index (χ3n) is 3.18. The van der Waals surface area contributed by atoms with Gasteiger partial charge in [0.25, 0.3) is 0 Å². The lowest BCUT2D eigenvalue weighted by Gasteiger charge is -2.22. The van der Waals surface area contributed by atoms with Gasteiger partial charge >= 0.3 is 5.97 Å². The highest BCUT2D eigenvalue weighted by Crippen LogP contribution is 2.26. The average Bonchev–Trinajstić information content (AvgIpc) is 2.97. The fourth-order valence-electron chi connectivity index (χ4n) is 1.62. The van der Waals surface area contributed by atoms with E-state index in [1.54, 1.807) is 6.92 Å². The molecule has 0 fully saturated rings. The lowest BCUT2D eigenvalue weighted by atomic mass is 9.88. The Labute approximate surface area is 114 Å². The van der Waals surface area contributed by atoms with E-state index in [0.29, 0.717) is 17.9 Å². The number of carboxylic acid groups (broad SMARTS) is 1. The van der Waals surface area contributed by atoms with Gasteiger partial charge in [-0.3, -0.25) is 4.79 Å². The zero-order valence-corrected chi connectivity index (χ0v) is 11.8. The van der Waals surface area contributed by atoms with Crippen LogP contribution in [-0.4, -0.2) is 36.3 Å². The summed E-state index contributed by atoms with van der Waals surface area (Å²) in [6, 6.07) is 0. The number of hydrogen-bond acceptors (Lipinski definition) is 6. The van der Waals surface area contributed by atoms with Crippen molar-refractivity contribution in [2.75, 3.05) is 0 Å². The van der Waals surface area contributed by atoms with Gasteiger partial charge in [0, 0.05) is 5.38 Å². The molecule has 19 heavy (non-hydrogen) atoms. The first-order valence-corrected chi connectivity index (χ1v) is 6.76. The Kier molecular flexibility index (Phi) is 3.61. The summed E-state index contributed by atoms with van der Waals surface area (Å²) in [6.45, 7) is 5.64. The maximum absolute atomic E-state index is 11.3. The number of thiazole rings is 1. The Balaban J connectivity index is 2.33. The van der Waals surface area contributed by atoms with Crippen LogP contribution in [0.25, 0.3) is 11.5 Å². The summed E-state index contributed by atoms with van der Waals surface area (Å²) in [4.78, 5) is 15.7. The van der Waals surface area contributed by atoms with E-state index in [0.717, 1.165) is 5.01 Å². The fourth-order valence-corrected chi connectivity index (χ4v) is 2.21. The Morgan fingerprint density at radius 1 is 1.58 bits per heavy atom. The van der Waals surface area contributed by atoms with Crippen LogP contribution in [0.1, 0.15) is 25.3 Å². The van der Waals surface area contributed by atoms with Crippen LogP contribution in [0.3, 0.4) is 0 Å². The largest absolute Gasteiger partial charge is 0.481 e. The zero-order chi connectivity index (χ0) is 14.0.